The Bertz CT molecular complexity index is 2400. The van der Waals surface area contributed by atoms with E-state index < -0.39 is 19.8 Å². The zero-order chi connectivity index (χ0) is 34.3. The summed E-state index contributed by atoms with van der Waals surface area (Å²) in [5, 5.41) is 5.19. The first-order valence-electron chi connectivity index (χ1n) is 16.9. The third-order valence-corrected chi connectivity index (χ3v) is 16.5. The second kappa shape index (κ2) is 11.3. The van der Waals surface area contributed by atoms with Crippen molar-refractivity contribution < 1.29 is 17.9 Å². The van der Waals surface area contributed by atoms with Crippen LogP contribution in [0, 0.1) is 0 Å². The van der Waals surface area contributed by atoms with E-state index in [1.54, 1.807) is 6.07 Å². The van der Waals surface area contributed by atoms with E-state index in [0.29, 0.717) is 17.0 Å². The molecular weight excluding hydrogens is 674 g/mol. The number of anilines is 3. The summed E-state index contributed by atoms with van der Waals surface area (Å²) in [6.45, 7) is -0.385. The predicted octanol–water partition coefficient (Wildman–Crippen LogP) is 6.95. The van der Waals surface area contributed by atoms with Gasteiger partial charge in [-0.3, -0.25) is 0 Å². The van der Waals surface area contributed by atoms with Crippen molar-refractivity contribution in [2.45, 2.75) is 16.0 Å². The molecule has 3 aliphatic heterocycles. The quantitative estimate of drug-likeness (QED) is 0.185. The summed E-state index contributed by atoms with van der Waals surface area (Å²) in [5.41, 5.74) is 4.94. The van der Waals surface area contributed by atoms with Crippen LogP contribution in [0.4, 0.5) is 30.2 Å². The van der Waals surface area contributed by atoms with Crippen LogP contribution < -0.4 is 46.8 Å². The minimum absolute atomic E-state index is 0.385. The molecule has 10 rings (SSSR count). The molecule has 0 bridgehead atoms. The third-order valence-electron chi connectivity index (χ3n) is 10.5. The average molecular weight is 702 g/mol. The molecule has 8 heteroatoms. The SMILES string of the molecule is FC(F)(F)c1ccc2c(c1)B1c3ccccc3Oc3cc(N4c5ccccc5[Si](c5ccccc5)(c5ccccc5)c5ccccc54)cc(c31)S2. The first-order chi connectivity index (χ1) is 24.9. The lowest BCUT2D eigenvalue weighted by Crippen LogP contribution is -2.77. The number of halogens is 3. The third kappa shape index (κ3) is 4.46. The van der Waals surface area contributed by atoms with Gasteiger partial charge in [0, 0.05) is 27.2 Å². The lowest BCUT2D eigenvalue weighted by atomic mass is 9.35. The van der Waals surface area contributed by atoms with Gasteiger partial charge >= 0.3 is 6.18 Å². The molecule has 0 atom stereocenters. The van der Waals surface area contributed by atoms with Crippen LogP contribution in [-0.4, -0.2) is 14.8 Å². The van der Waals surface area contributed by atoms with Crippen molar-refractivity contribution in [2.24, 2.45) is 0 Å². The van der Waals surface area contributed by atoms with E-state index in [1.807, 2.05) is 24.3 Å². The molecule has 0 radical (unpaired) electrons. The van der Waals surface area contributed by atoms with Crippen LogP contribution in [0.5, 0.6) is 11.5 Å². The molecule has 0 spiro atoms. The van der Waals surface area contributed by atoms with E-state index in [0.717, 1.165) is 37.8 Å². The maximum Gasteiger partial charge on any atom is 0.416 e. The van der Waals surface area contributed by atoms with Crippen LogP contribution in [-0.2, 0) is 6.18 Å². The second-order valence-electron chi connectivity index (χ2n) is 13.1. The number of hydrogen-bond acceptors (Lipinski definition) is 3. The summed E-state index contributed by atoms with van der Waals surface area (Å²) < 4.78 is 48.7. The fraction of sp³-hybridized carbons (Fsp3) is 0.0233. The summed E-state index contributed by atoms with van der Waals surface area (Å²) in [5.74, 6) is 1.32. The molecule has 2 nitrogen and oxygen atoms in total. The smallest absolute Gasteiger partial charge is 0.416 e. The highest BCUT2D eigenvalue weighted by molar-refractivity contribution is 8.00. The zero-order valence-corrected chi connectivity index (χ0v) is 28.9. The Balaban J connectivity index is 1.22. The zero-order valence-electron chi connectivity index (χ0n) is 27.1. The molecule has 0 amide bonds. The second-order valence-corrected chi connectivity index (χ2v) is 17.9. The van der Waals surface area contributed by atoms with E-state index in [9.17, 15) is 13.2 Å². The summed E-state index contributed by atoms with van der Waals surface area (Å²) in [7, 11) is -2.79. The van der Waals surface area contributed by atoms with Crippen LogP contribution in [0.1, 0.15) is 5.56 Å². The molecule has 0 saturated heterocycles. The average Bonchev–Trinajstić information content (AvgIpc) is 3.16. The van der Waals surface area contributed by atoms with Gasteiger partial charge in [0.05, 0.1) is 11.3 Å². The fourth-order valence-electron chi connectivity index (χ4n) is 8.43. The Hall–Kier alpha value is -5.44. The fourth-order valence-corrected chi connectivity index (χ4v) is 14.7. The van der Waals surface area contributed by atoms with Gasteiger partial charge < -0.3 is 9.64 Å². The van der Waals surface area contributed by atoms with Gasteiger partial charge in [0.2, 0.25) is 0 Å². The first kappa shape index (κ1) is 30.4. The van der Waals surface area contributed by atoms with Crippen LogP contribution >= 0.6 is 11.8 Å². The number of para-hydroxylation sites is 3. The van der Waals surface area contributed by atoms with Gasteiger partial charge in [-0.1, -0.05) is 139 Å². The molecule has 244 valence electrons. The van der Waals surface area contributed by atoms with Crippen molar-refractivity contribution in [3.05, 3.63) is 169 Å². The molecule has 3 aliphatic rings. The molecule has 3 heterocycles. The van der Waals surface area contributed by atoms with Gasteiger partial charge in [0.25, 0.3) is 6.71 Å². The first-order valence-corrected chi connectivity index (χ1v) is 19.7. The Morgan fingerprint density at radius 1 is 0.549 bits per heavy atom. The maximum absolute atomic E-state index is 14.0. The van der Waals surface area contributed by atoms with Gasteiger partial charge in [-0.25, -0.2) is 0 Å². The van der Waals surface area contributed by atoms with E-state index in [2.05, 4.69) is 126 Å². The van der Waals surface area contributed by atoms with Crippen LogP contribution in [0.3, 0.4) is 0 Å². The maximum atomic E-state index is 14.0. The number of rotatable bonds is 3. The highest BCUT2D eigenvalue weighted by Crippen LogP contribution is 2.45. The molecule has 0 unspecified atom stereocenters. The Morgan fingerprint density at radius 3 is 1.78 bits per heavy atom. The molecule has 7 aromatic carbocycles. The van der Waals surface area contributed by atoms with Crippen LogP contribution in [0.25, 0.3) is 0 Å². The topological polar surface area (TPSA) is 12.5 Å². The molecular formula is C43H27BF3NOSSi. The number of nitrogens with zero attached hydrogens (tertiary/aromatic N) is 1. The molecule has 7 aromatic rings. The number of fused-ring (bicyclic) bond motifs is 6. The predicted molar refractivity (Wildman–Crippen MR) is 205 cm³/mol. The van der Waals surface area contributed by atoms with Gasteiger partial charge in [-0.2, -0.15) is 13.2 Å². The summed E-state index contributed by atoms with van der Waals surface area (Å²) >= 11 is 1.51. The van der Waals surface area contributed by atoms with Crippen molar-refractivity contribution in [3.8, 4) is 11.5 Å². The van der Waals surface area contributed by atoms with Crippen molar-refractivity contribution in [1.82, 2.24) is 0 Å². The Morgan fingerprint density at radius 2 is 1.14 bits per heavy atom. The van der Waals surface area contributed by atoms with E-state index in [-0.39, 0.29) is 6.71 Å². The van der Waals surface area contributed by atoms with E-state index >= 15 is 0 Å². The highest BCUT2D eigenvalue weighted by Gasteiger charge is 2.49. The Kier molecular flexibility index (Phi) is 6.73. The van der Waals surface area contributed by atoms with Crippen LogP contribution in [0.2, 0.25) is 0 Å². The number of alkyl halides is 3. The molecule has 0 aliphatic carbocycles. The molecule has 0 N–H and O–H groups in total. The number of hydrogen-bond donors (Lipinski definition) is 0. The molecule has 51 heavy (non-hydrogen) atoms. The van der Waals surface area contributed by atoms with Crippen molar-refractivity contribution >= 4 is 80.7 Å². The summed E-state index contributed by atoms with van der Waals surface area (Å²) in [6.07, 6.45) is -4.44. The van der Waals surface area contributed by atoms with E-state index in [4.69, 9.17) is 4.74 Å². The van der Waals surface area contributed by atoms with Crippen molar-refractivity contribution in [1.29, 1.82) is 0 Å². The van der Waals surface area contributed by atoms with Crippen molar-refractivity contribution in [3.63, 3.8) is 0 Å². The van der Waals surface area contributed by atoms with Gasteiger partial charge in [-0.15, -0.1) is 0 Å². The normalized spacial score (nSPS) is 14.7. The summed E-state index contributed by atoms with van der Waals surface area (Å²) in [6, 6.07) is 55.4. The minimum Gasteiger partial charge on any atom is -0.458 e. The highest BCUT2D eigenvalue weighted by atomic mass is 32.2. The standard InChI is InChI=1S/C43H27BF3NOSSi/c45-43(46,47)28-23-24-38-33(25-28)44-32-17-7-10-20-36(32)49-37-26-29(27-39(50-38)42(37)44)48-34-18-8-11-21-40(34)51(30-13-3-1-4-14-30,31-15-5-2-6-16-31)41-22-12-9-19-35(41)48/h1-27H. The van der Waals surface area contributed by atoms with Crippen molar-refractivity contribution in [2.75, 3.05) is 4.90 Å². The lowest BCUT2D eigenvalue weighted by Gasteiger charge is -2.45. The molecule has 0 saturated carbocycles. The minimum atomic E-state index is -4.44. The van der Waals surface area contributed by atoms with E-state index in [1.165, 1.54) is 44.6 Å². The molecule has 0 fully saturated rings. The lowest BCUT2D eigenvalue weighted by molar-refractivity contribution is -0.137. The monoisotopic (exact) mass is 701 g/mol. The van der Waals surface area contributed by atoms with Gasteiger partial charge in [-0.05, 0) is 68.1 Å². The number of ether oxygens (including phenoxy) is 1. The number of benzene rings is 7. The van der Waals surface area contributed by atoms with Gasteiger partial charge in [0.15, 0.2) is 8.07 Å². The molecule has 0 aromatic heterocycles. The summed E-state index contributed by atoms with van der Waals surface area (Å²) in [4.78, 5) is 4.14. The largest absolute Gasteiger partial charge is 0.458 e. The Labute approximate surface area is 299 Å². The van der Waals surface area contributed by atoms with Gasteiger partial charge in [0.1, 0.15) is 11.5 Å². The van der Waals surface area contributed by atoms with Crippen LogP contribution in [0.15, 0.2) is 174 Å².